The van der Waals surface area contributed by atoms with Crippen molar-refractivity contribution in [2.45, 2.75) is 0 Å². The van der Waals surface area contributed by atoms with Crippen molar-refractivity contribution in [3.8, 4) is 0 Å². The number of benzene rings is 1. The summed E-state index contributed by atoms with van der Waals surface area (Å²) in [6, 6.07) is 7.74. The number of rotatable bonds is 3. The van der Waals surface area contributed by atoms with Gasteiger partial charge in [0.1, 0.15) is 0 Å². The van der Waals surface area contributed by atoms with E-state index in [1.54, 1.807) is 12.1 Å². The first-order valence-electron chi connectivity index (χ1n) is 5.46. The summed E-state index contributed by atoms with van der Waals surface area (Å²) in [5, 5.41) is 2.96. The number of anilines is 1. The molecule has 0 fully saturated rings. The molecule has 0 aliphatic carbocycles. The third-order valence-corrected chi connectivity index (χ3v) is 3.99. The van der Waals surface area contributed by atoms with E-state index in [2.05, 4.69) is 10.1 Å². The van der Waals surface area contributed by atoms with Crippen molar-refractivity contribution in [3.05, 3.63) is 50.1 Å². The summed E-state index contributed by atoms with van der Waals surface area (Å²) in [6.45, 7) is 0. The van der Waals surface area contributed by atoms with Gasteiger partial charge in [0.25, 0.3) is 5.91 Å². The first-order valence-corrected chi connectivity index (χ1v) is 7.03. The Labute approximate surface area is 129 Å². The Hall–Kier alpha value is -1.56. The molecule has 7 heteroatoms. The lowest BCUT2D eigenvalue weighted by Gasteiger charge is -2.08. The maximum absolute atomic E-state index is 12.0. The highest BCUT2D eigenvalue weighted by molar-refractivity contribution is 7.18. The molecule has 104 valence electrons. The van der Waals surface area contributed by atoms with Crippen LogP contribution < -0.4 is 5.32 Å². The normalized spacial score (nSPS) is 10.2. The zero-order valence-corrected chi connectivity index (χ0v) is 12.6. The molecule has 2 rings (SSSR count). The molecule has 0 radical (unpaired) electrons. The van der Waals surface area contributed by atoms with Crippen LogP contribution in [-0.2, 0) is 4.74 Å². The largest absolute Gasteiger partial charge is 0.465 e. The molecular formula is C13H9Cl2NO3S. The van der Waals surface area contributed by atoms with Gasteiger partial charge in [-0.1, -0.05) is 23.2 Å². The number of carbonyl (C=O) groups excluding carboxylic acids is 2. The van der Waals surface area contributed by atoms with E-state index < -0.39 is 5.97 Å². The van der Waals surface area contributed by atoms with E-state index in [1.165, 1.54) is 25.3 Å². The van der Waals surface area contributed by atoms with E-state index in [9.17, 15) is 9.59 Å². The molecule has 0 spiro atoms. The molecule has 0 aliphatic rings. The van der Waals surface area contributed by atoms with Crippen LogP contribution in [-0.4, -0.2) is 19.0 Å². The van der Waals surface area contributed by atoms with Crippen LogP contribution in [0.5, 0.6) is 0 Å². The summed E-state index contributed by atoms with van der Waals surface area (Å²) >= 11 is 12.9. The standard InChI is InChI=1S/C13H9Cl2NO3S/c1-19-13(18)7-2-3-8(14)9(6-7)16-12(17)10-4-5-11(15)20-10/h2-6H,1H3,(H,16,17). The molecule has 0 saturated carbocycles. The average molecular weight is 330 g/mol. The number of carbonyl (C=O) groups is 2. The van der Waals surface area contributed by atoms with Gasteiger partial charge in [0.05, 0.1) is 32.6 Å². The highest BCUT2D eigenvalue weighted by atomic mass is 35.5. The molecule has 0 saturated heterocycles. The third-order valence-electron chi connectivity index (χ3n) is 2.43. The van der Waals surface area contributed by atoms with Gasteiger partial charge in [-0.2, -0.15) is 0 Å². The van der Waals surface area contributed by atoms with E-state index in [-0.39, 0.29) is 5.91 Å². The second-order valence-corrected chi connectivity index (χ2v) is 5.87. The Kier molecular flexibility index (Phi) is 4.65. The molecule has 1 amide bonds. The molecule has 1 aromatic carbocycles. The molecule has 1 heterocycles. The monoisotopic (exact) mass is 329 g/mol. The van der Waals surface area contributed by atoms with Gasteiger partial charge >= 0.3 is 5.97 Å². The van der Waals surface area contributed by atoms with Crippen molar-refractivity contribution in [2.75, 3.05) is 12.4 Å². The minimum absolute atomic E-state index is 0.302. The summed E-state index contributed by atoms with van der Waals surface area (Å²) < 4.78 is 5.13. The number of hydrogen-bond acceptors (Lipinski definition) is 4. The van der Waals surface area contributed by atoms with Gasteiger partial charge < -0.3 is 10.1 Å². The summed E-state index contributed by atoms with van der Waals surface area (Å²) in [4.78, 5) is 23.9. The van der Waals surface area contributed by atoms with Gasteiger partial charge in [0.2, 0.25) is 0 Å². The molecule has 0 aliphatic heterocycles. The summed E-state index contributed by atoms with van der Waals surface area (Å²) in [6.07, 6.45) is 0. The van der Waals surface area contributed by atoms with E-state index in [0.29, 0.717) is 25.5 Å². The Morgan fingerprint density at radius 3 is 2.55 bits per heavy atom. The number of nitrogens with one attached hydrogen (secondary N) is 1. The first kappa shape index (κ1) is 14.8. The minimum Gasteiger partial charge on any atom is -0.465 e. The zero-order valence-electron chi connectivity index (χ0n) is 10.3. The van der Waals surface area contributed by atoms with E-state index >= 15 is 0 Å². The van der Waals surface area contributed by atoms with E-state index in [4.69, 9.17) is 23.2 Å². The Morgan fingerprint density at radius 1 is 1.20 bits per heavy atom. The molecule has 1 N–H and O–H groups in total. The SMILES string of the molecule is COC(=O)c1ccc(Cl)c(NC(=O)c2ccc(Cl)s2)c1. The maximum atomic E-state index is 12.0. The topological polar surface area (TPSA) is 55.4 Å². The van der Waals surface area contributed by atoms with Crippen LogP contribution in [0.1, 0.15) is 20.0 Å². The third kappa shape index (κ3) is 3.30. The predicted octanol–water partition coefficient (Wildman–Crippen LogP) is 4.09. The van der Waals surface area contributed by atoms with Crippen LogP contribution in [0, 0.1) is 0 Å². The molecule has 20 heavy (non-hydrogen) atoms. The highest BCUT2D eigenvalue weighted by Crippen LogP contribution is 2.26. The summed E-state index contributed by atoms with van der Waals surface area (Å²) in [5.74, 6) is -0.845. The number of amides is 1. The number of methoxy groups -OCH3 is 1. The summed E-state index contributed by atoms with van der Waals surface area (Å²) in [7, 11) is 1.28. The van der Waals surface area contributed by atoms with Crippen LogP contribution >= 0.6 is 34.5 Å². The van der Waals surface area contributed by atoms with Gasteiger partial charge in [0.15, 0.2) is 0 Å². The first-order chi connectivity index (χ1) is 9.51. The fraction of sp³-hybridized carbons (Fsp3) is 0.0769. The maximum Gasteiger partial charge on any atom is 0.337 e. The van der Waals surface area contributed by atoms with Crippen LogP contribution in [0.4, 0.5) is 5.69 Å². The van der Waals surface area contributed by atoms with Crippen molar-refractivity contribution >= 4 is 52.1 Å². The molecule has 0 unspecified atom stereocenters. The Bertz CT molecular complexity index is 669. The number of esters is 1. The summed E-state index contributed by atoms with van der Waals surface area (Å²) in [5.41, 5.74) is 0.639. The molecule has 0 atom stereocenters. The molecule has 1 aromatic heterocycles. The molecule has 0 bridgehead atoms. The van der Waals surface area contributed by atoms with E-state index in [0.717, 1.165) is 11.3 Å². The number of hydrogen-bond donors (Lipinski definition) is 1. The lowest BCUT2D eigenvalue weighted by molar-refractivity contribution is 0.0600. The van der Waals surface area contributed by atoms with E-state index in [1.807, 2.05) is 0 Å². The minimum atomic E-state index is -0.503. The van der Waals surface area contributed by atoms with Crippen molar-refractivity contribution in [1.82, 2.24) is 0 Å². The van der Waals surface area contributed by atoms with Crippen molar-refractivity contribution in [3.63, 3.8) is 0 Å². The van der Waals surface area contributed by atoms with Crippen molar-refractivity contribution in [1.29, 1.82) is 0 Å². The molecule has 4 nitrogen and oxygen atoms in total. The van der Waals surface area contributed by atoms with Crippen LogP contribution in [0.2, 0.25) is 9.36 Å². The Balaban J connectivity index is 2.24. The van der Waals surface area contributed by atoms with Crippen LogP contribution in [0.3, 0.4) is 0 Å². The second kappa shape index (κ2) is 6.26. The van der Waals surface area contributed by atoms with Crippen LogP contribution in [0.15, 0.2) is 30.3 Å². The quantitative estimate of drug-likeness (QED) is 0.862. The van der Waals surface area contributed by atoms with Crippen molar-refractivity contribution in [2.24, 2.45) is 0 Å². The zero-order chi connectivity index (χ0) is 14.7. The number of halogens is 2. The van der Waals surface area contributed by atoms with Gasteiger partial charge in [-0.3, -0.25) is 4.79 Å². The van der Waals surface area contributed by atoms with Gasteiger partial charge in [-0.15, -0.1) is 11.3 Å². The fourth-order valence-electron chi connectivity index (χ4n) is 1.49. The molecule has 2 aromatic rings. The average Bonchev–Trinajstić information content (AvgIpc) is 2.87. The lowest BCUT2D eigenvalue weighted by atomic mass is 10.2. The van der Waals surface area contributed by atoms with Crippen molar-refractivity contribution < 1.29 is 14.3 Å². The molecular weight excluding hydrogens is 321 g/mol. The van der Waals surface area contributed by atoms with Gasteiger partial charge in [-0.05, 0) is 30.3 Å². The number of thiophene rings is 1. The smallest absolute Gasteiger partial charge is 0.337 e. The lowest BCUT2D eigenvalue weighted by Crippen LogP contribution is -2.11. The van der Waals surface area contributed by atoms with Gasteiger partial charge in [-0.25, -0.2) is 4.79 Å². The van der Waals surface area contributed by atoms with Crippen LogP contribution in [0.25, 0.3) is 0 Å². The highest BCUT2D eigenvalue weighted by Gasteiger charge is 2.13. The second-order valence-electron chi connectivity index (χ2n) is 3.74. The van der Waals surface area contributed by atoms with Gasteiger partial charge in [0, 0.05) is 0 Å². The fourth-order valence-corrected chi connectivity index (χ4v) is 2.59. The predicted molar refractivity (Wildman–Crippen MR) is 80.1 cm³/mol. The Morgan fingerprint density at radius 2 is 1.95 bits per heavy atom. The number of ether oxygens (including phenoxy) is 1.